The third-order valence-corrected chi connectivity index (χ3v) is 3.35. The average molecular weight is 241 g/mol. The molecule has 4 heteroatoms. The molecule has 0 spiro atoms. The van der Waals surface area contributed by atoms with E-state index in [1.807, 2.05) is 0 Å². The summed E-state index contributed by atoms with van der Waals surface area (Å²) in [6, 6.07) is 0.920. The van der Waals surface area contributed by atoms with E-state index < -0.39 is 0 Å². The van der Waals surface area contributed by atoms with Crippen LogP contribution in [0.4, 0.5) is 0 Å². The highest BCUT2D eigenvalue weighted by atomic mass is 35.5. The largest absolute Gasteiger partial charge is 0.306 e. The minimum Gasteiger partial charge on any atom is -0.306 e. The molecule has 2 rings (SSSR count). The monoisotopic (exact) mass is 240 g/mol. The van der Waals surface area contributed by atoms with Crippen LogP contribution in [0, 0.1) is 0 Å². The van der Waals surface area contributed by atoms with E-state index in [9.17, 15) is 0 Å². The van der Waals surface area contributed by atoms with Gasteiger partial charge in [0.1, 0.15) is 0 Å². The Kier molecular flexibility index (Phi) is 7.13. The highest BCUT2D eigenvalue weighted by Gasteiger charge is 2.24. The molecule has 0 aromatic rings. The van der Waals surface area contributed by atoms with Gasteiger partial charge in [0.15, 0.2) is 0 Å². The zero-order chi connectivity index (χ0) is 8.39. The van der Waals surface area contributed by atoms with E-state index >= 15 is 0 Å². The molecule has 14 heavy (non-hydrogen) atoms. The second-order valence-corrected chi connectivity index (χ2v) is 4.28. The molecule has 0 N–H and O–H groups in total. The molecule has 0 aromatic carbocycles. The van der Waals surface area contributed by atoms with Gasteiger partial charge < -0.3 is 9.80 Å². The molecule has 2 fully saturated rings. The lowest BCUT2D eigenvalue weighted by atomic mass is 10.0. The summed E-state index contributed by atoms with van der Waals surface area (Å²) in [5.41, 5.74) is 0. The maximum Gasteiger partial charge on any atom is 0.0120 e. The van der Waals surface area contributed by atoms with Crippen LogP contribution in [0.15, 0.2) is 0 Å². The molecule has 2 aliphatic heterocycles. The number of rotatable bonds is 1. The van der Waals surface area contributed by atoms with Crippen LogP contribution in [0.5, 0.6) is 0 Å². The highest BCUT2D eigenvalue weighted by Crippen LogP contribution is 2.19. The molecule has 0 saturated carbocycles. The van der Waals surface area contributed by atoms with Gasteiger partial charge in [-0.1, -0.05) is 0 Å². The molecule has 0 amide bonds. The summed E-state index contributed by atoms with van der Waals surface area (Å²) in [4.78, 5) is 5.15. The van der Waals surface area contributed by atoms with Crippen molar-refractivity contribution in [2.45, 2.75) is 31.7 Å². The number of nitrogens with zero attached hydrogens (tertiary/aromatic N) is 2. The van der Waals surface area contributed by atoms with Gasteiger partial charge >= 0.3 is 0 Å². The Morgan fingerprint density at radius 1 is 0.857 bits per heavy atom. The van der Waals surface area contributed by atoms with Gasteiger partial charge in [-0.3, -0.25) is 0 Å². The summed E-state index contributed by atoms with van der Waals surface area (Å²) >= 11 is 0. The third-order valence-electron chi connectivity index (χ3n) is 3.35. The number of hydrogen-bond acceptors (Lipinski definition) is 2. The van der Waals surface area contributed by atoms with E-state index in [4.69, 9.17) is 0 Å². The lowest BCUT2D eigenvalue weighted by molar-refractivity contribution is 0.143. The fourth-order valence-electron chi connectivity index (χ4n) is 2.47. The Hall–Kier alpha value is 0.500. The third kappa shape index (κ3) is 3.58. The second kappa shape index (κ2) is 6.89. The molecule has 0 atom stereocenters. The summed E-state index contributed by atoms with van der Waals surface area (Å²) < 4.78 is 0. The fraction of sp³-hybridized carbons (Fsp3) is 1.00. The van der Waals surface area contributed by atoms with Gasteiger partial charge in [-0.2, -0.15) is 0 Å². The average Bonchev–Trinajstić information content (AvgIpc) is 2.58. The van der Waals surface area contributed by atoms with Crippen LogP contribution in [-0.4, -0.2) is 49.1 Å². The zero-order valence-electron chi connectivity index (χ0n) is 8.95. The maximum atomic E-state index is 2.70. The molecule has 0 aromatic heterocycles. The Morgan fingerprint density at radius 3 is 1.86 bits per heavy atom. The first-order chi connectivity index (χ1) is 5.86. The SMILES string of the molecule is CN1CCC(N2CCCC2)CC1.Cl.Cl. The molecule has 2 aliphatic rings. The number of hydrogen-bond donors (Lipinski definition) is 0. The second-order valence-electron chi connectivity index (χ2n) is 4.28. The van der Waals surface area contributed by atoms with E-state index in [1.165, 1.54) is 51.9 Å². The molecular weight excluding hydrogens is 219 g/mol. The maximum absolute atomic E-state index is 2.70. The lowest BCUT2D eigenvalue weighted by Gasteiger charge is -2.34. The molecule has 2 heterocycles. The normalized spacial score (nSPS) is 25.5. The molecule has 2 nitrogen and oxygen atoms in total. The predicted molar refractivity (Wildman–Crippen MR) is 65.8 cm³/mol. The van der Waals surface area contributed by atoms with Crippen LogP contribution >= 0.6 is 24.8 Å². The Bertz CT molecular complexity index is 141. The summed E-state index contributed by atoms with van der Waals surface area (Å²) in [7, 11) is 2.24. The minimum atomic E-state index is 0. The van der Waals surface area contributed by atoms with Crippen molar-refractivity contribution in [2.24, 2.45) is 0 Å². The quantitative estimate of drug-likeness (QED) is 0.693. The summed E-state index contributed by atoms with van der Waals surface area (Å²) in [5, 5.41) is 0. The van der Waals surface area contributed by atoms with Crippen molar-refractivity contribution in [2.75, 3.05) is 33.2 Å². The molecule has 2 saturated heterocycles. The topological polar surface area (TPSA) is 6.48 Å². The van der Waals surface area contributed by atoms with Crippen LogP contribution < -0.4 is 0 Å². The summed E-state index contributed by atoms with van der Waals surface area (Å²) in [5.74, 6) is 0. The number of halogens is 2. The predicted octanol–water partition coefficient (Wildman–Crippen LogP) is 2.02. The molecule has 0 radical (unpaired) electrons. The van der Waals surface area contributed by atoms with Gasteiger partial charge in [0.2, 0.25) is 0 Å². The first-order valence-electron chi connectivity index (χ1n) is 5.29. The number of likely N-dealkylation sites (tertiary alicyclic amines) is 2. The summed E-state index contributed by atoms with van der Waals surface area (Å²) in [6.45, 7) is 5.35. The fourth-order valence-corrected chi connectivity index (χ4v) is 2.47. The van der Waals surface area contributed by atoms with Crippen molar-refractivity contribution >= 4 is 24.8 Å². The van der Waals surface area contributed by atoms with Gasteiger partial charge in [-0.15, -0.1) is 24.8 Å². The Balaban J connectivity index is 0.000000845. The first kappa shape index (κ1) is 14.5. The van der Waals surface area contributed by atoms with Gasteiger partial charge in [-0.25, -0.2) is 0 Å². The van der Waals surface area contributed by atoms with Crippen LogP contribution in [0.3, 0.4) is 0 Å². The van der Waals surface area contributed by atoms with Gasteiger partial charge in [0, 0.05) is 6.04 Å². The number of piperidine rings is 1. The van der Waals surface area contributed by atoms with Crippen LogP contribution in [0.2, 0.25) is 0 Å². The van der Waals surface area contributed by atoms with E-state index in [0.29, 0.717) is 0 Å². The lowest BCUT2D eigenvalue weighted by Crippen LogP contribution is -2.42. The van der Waals surface area contributed by atoms with Crippen molar-refractivity contribution < 1.29 is 0 Å². The van der Waals surface area contributed by atoms with Crippen LogP contribution in [0.25, 0.3) is 0 Å². The van der Waals surface area contributed by atoms with Crippen molar-refractivity contribution in [1.29, 1.82) is 0 Å². The Morgan fingerprint density at radius 2 is 1.36 bits per heavy atom. The Labute approximate surface area is 99.8 Å². The minimum absolute atomic E-state index is 0. The van der Waals surface area contributed by atoms with Gasteiger partial charge in [-0.05, 0) is 58.9 Å². The van der Waals surface area contributed by atoms with Crippen molar-refractivity contribution in [1.82, 2.24) is 9.80 Å². The first-order valence-corrected chi connectivity index (χ1v) is 5.29. The standard InChI is InChI=1S/C10H20N2.2ClH/c1-11-8-4-10(5-9-11)12-6-2-3-7-12;;/h10H,2-9H2,1H3;2*1H. The van der Waals surface area contributed by atoms with E-state index in [1.54, 1.807) is 0 Å². The molecular formula is C10H22Cl2N2. The van der Waals surface area contributed by atoms with Gasteiger partial charge in [0.05, 0.1) is 0 Å². The molecule has 0 aliphatic carbocycles. The van der Waals surface area contributed by atoms with E-state index in [0.717, 1.165) is 6.04 Å². The highest BCUT2D eigenvalue weighted by molar-refractivity contribution is 5.85. The van der Waals surface area contributed by atoms with Crippen LogP contribution in [0.1, 0.15) is 25.7 Å². The summed E-state index contributed by atoms with van der Waals surface area (Å²) in [6.07, 6.45) is 5.67. The van der Waals surface area contributed by atoms with Crippen molar-refractivity contribution in [3.63, 3.8) is 0 Å². The smallest absolute Gasteiger partial charge is 0.0120 e. The molecule has 86 valence electrons. The van der Waals surface area contributed by atoms with E-state index in [-0.39, 0.29) is 24.8 Å². The molecule has 0 unspecified atom stereocenters. The molecule has 0 bridgehead atoms. The van der Waals surface area contributed by atoms with Crippen molar-refractivity contribution in [3.05, 3.63) is 0 Å². The van der Waals surface area contributed by atoms with Crippen LogP contribution in [-0.2, 0) is 0 Å². The van der Waals surface area contributed by atoms with Crippen molar-refractivity contribution in [3.8, 4) is 0 Å². The zero-order valence-corrected chi connectivity index (χ0v) is 10.6. The van der Waals surface area contributed by atoms with E-state index in [2.05, 4.69) is 16.8 Å². The van der Waals surface area contributed by atoms with Gasteiger partial charge in [0.25, 0.3) is 0 Å².